The summed E-state index contributed by atoms with van der Waals surface area (Å²) in [5.41, 5.74) is 2.92. The molecule has 0 saturated carbocycles. The minimum absolute atomic E-state index is 0.229. The molecule has 4 nitrogen and oxygen atoms in total. The van der Waals surface area contributed by atoms with E-state index in [0.717, 1.165) is 17.7 Å². The van der Waals surface area contributed by atoms with Gasteiger partial charge in [-0.1, -0.05) is 55.5 Å². The van der Waals surface area contributed by atoms with Crippen molar-refractivity contribution in [2.24, 2.45) is 0 Å². The average molecular weight is 378 g/mol. The number of thiophene rings is 1. The predicted molar refractivity (Wildman–Crippen MR) is 110 cm³/mol. The number of benzene rings is 2. The number of anilines is 1. The van der Waals surface area contributed by atoms with Crippen LogP contribution in [0.4, 0.5) is 5.69 Å². The number of carbonyl (C=O) groups is 2. The van der Waals surface area contributed by atoms with Crippen LogP contribution in [0, 0.1) is 0 Å². The number of rotatable bonds is 7. The van der Waals surface area contributed by atoms with E-state index >= 15 is 0 Å². The van der Waals surface area contributed by atoms with Crippen LogP contribution < -0.4 is 10.6 Å². The molecule has 1 heterocycles. The third-order valence-corrected chi connectivity index (χ3v) is 5.15. The summed E-state index contributed by atoms with van der Waals surface area (Å²) in [5.74, 6) is -0.463. The molecule has 2 amide bonds. The molecule has 1 atom stereocenters. The fraction of sp³-hybridized carbons (Fsp3) is 0.182. The Labute approximate surface area is 163 Å². The van der Waals surface area contributed by atoms with E-state index in [1.165, 1.54) is 16.9 Å². The summed E-state index contributed by atoms with van der Waals surface area (Å²) >= 11 is 1.36. The second-order valence-electron chi connectivity index (χ2n) is 6.23. The quantitative estimate of drug-likeness (QED) is 0.644. The maximum Gasteiger partial charge on any atom is 0.262 e. The van der Waals surface area contributed by atoms with Gasteiger partial charge in [0, 0.05) is 12.1 Å². The molecule has 0 aliphatic rings. The van der Waals surface area contributed by atoms with Gasteiger partial charge in [0.1, 0.15) is 6.04 Å². The number of amides is 2. The summed E-state index contributed by atoms with van der Waals surface area (Å²) in [6.45, 7) is 2.09. The molecule has 3 aromatic rings. The highest BCUT2D eigenvalue weighted by Gasteiger charge is 2.22. The molecule has 138 valence electrons. The zero-order chi connectivity index (χ0) is 19.1. The monoisotopic (exact) mass is 378 g/mol. The van der Waals surface area contributed by atoms with Crippen LogP contribution in [0.3, 0.4) is 0 Å². The van der Waals surface area contributed by atoms with E-state index in [1.807, 2.05) is 66.0 Å². The van der Waals surface area contributed by atoms with Gasteiger partial charge in [0.25, 0.3) is 5.91 Å². The van der Waals surface area contributed by atoms with Gasteiger partial charge in [-0.2, -0.15) is 0 Å². The number of carbonyl (C=O) groups excluding carboxylic acids is 2. The molecule has 1 unspecified atom stereocenters. The molecule has 0 saturated heterocycles. The Balaban J connectivity index is 1.74. The van der Waals surface area contributed by atoms with Crippen molar-refractivity contribution < 1.29 is 9.59 Å². The SMILES string of the molecule is CCc1ccc(NC(=O)C(Cc2ccccc2)NC(=O)c2cccs2)cc1. The first-order valence-electron chi connectivity index (χ1n) is 8.94. The molecule has 3 rings (SSSR count). The highest BCUT2D eigenvalue weighted by atomic mass is 32.1. The minimum atomic E-state index is -0.659. The molecule has 0 aliphatic carbocycles. The van der Waals surface area contributed by atoms with Gasteiger partial charge in [-0.25, -0.2) is 0 Å². The van der Waals surface area contributed by atoms with Crippen LogP contribution in [-0.4, -0.2) is 17.9 Å². The van der Waals surface area contributed by atoms with E-state index in [2.05, 4.69) is 17.6 Å². The molecule has 0 radical (unpaired) electrons. The van der Waals surface area contributed by atoms with Gasteiger partial charge in [-0.3, -0.25) is 9.59 Å². The topological polar surface area (TPSA) is 58.2 Å². The van der Waals surface area contributed by atoms with Crippen molar-refractivity contribution in [1.82, 2.24) is 5.32 Å². The summed E-state index contributed by atoms with van der Waals surface area (Å²) < 4.78 is 0. The van der Waals surface area contributed by atoms with Crippen LogP contribution in [-0.2, 0) is 17.6 Å². The van der Waals surface area contributed by atoms with Crippen molar-refractivity contribution in [1.29, 1.82) is 0 Å². The molecular weight excluding hydrogens is 356 g/mol. The third kappa shape index (κ3) is 5.28. The molecule has 0 aliphatic heterocycles. The second kappa shape index (κ2) is 9.14. The molecular formula is C22H22N2O2S. The Bertz CT molecular complexity index is 874. The Kier molecular flexibility index (Phi) is 6.39. The summed E-state index contributed by atoms with van der Waals surface area (Å²) in [7, 11) is 0. The average Bonchev–Trinajstić information content (AvgIpc) is 3.24. The van der Waals surface area contributed by atoms with E-state index < -0.39 is 6.04 Å². The first-order chi connectivity index (χ1) is 13.2. The molecule has 2 N–H and O–H groups in total. The van der Waals surface area contributed by atoms with Gasteiger partial charge in [0.05, 0.1) is 4.88 Å². The Morgan fingerprint density at radius 2 is 1.67 bits per heavy atom. The Morgan fingerprint density at radius 1 is 0.926 bits per heavy atom. The van der Waals surface area contributed by atoms with Crippen molar-refractivity contribution in [3.8, 4) is 0 Å². The second-order valence-corrected chi connectivity index (χ2v) is 7.18. The van der Waals surface area contributed by atoms with Gasteiger partial charge in [-0.15, -0.1) is 11.3 Å². The van der Waals surface area contributed by atoms with Gasteiger partial charge >= 0.3 is 0 Å². The molecule has 0 fully saturated rings. The molecule has 0 bridgehead atoms. The highest BCUT2D eigenvalue weighted by Crippen LogP contribution is 2.13. The van der Waals surface area contributed by atoms with Gasteiger partial charge in [0.15, 0.2) is 0 Å². The zero-order valence-corrected chi connectivity index (χ0v) is 16.0. The molecule has 2 aromatic carbocycles. The van der Waals surface area contributed by atoms with Crippen LogP contribution in [0.1, 0.15) is 27.7 Å². The lowest BCUT2D eigenvalue weighted by molar-refractivity contribution is -0.118. The Hall–Kier alpha value is -2.92. The highest BCUT2D eigenvalue weighted by molar-refractivity contribution is 7.12. The summed E-state index contributed by atoms with van der Waals surface area (Å²) in [6.07, 6.45) is 1.37. The number of nitrogens with one attached hydrogen (secondary N) is 2. The number of aryl methyl sites for hydroxylation is 1. The van der Waals surface area contributed by atoms with Gasteiger partial charge < -0.3 is 10.6 Å². The zero-order valence-electron chi connectivity index (χ0n) is 15.1. The fourth-order valence-electron chi connectivity index (χ4n) is 2.75. The smallest absolute Gasteiger partial charge is 0.262 e. The number of hydrogen-bond acceptors (Lipinski definition) is 3. The molecule has 27 heavy (non-hydrogen) atoms. The van der Waals surface area contributed by atoms with E-state index in [9.17, 15) is 9.59 Å². The maximum atomic E-state index is 12.9. The van der Waals surface area contributed by atoms with Gasteiger partial charge in [0.2, 0.25) is 5.91 Å². The van der Waals surface area contributed by atoms with E-state index in [-0.39, 0.29) is 11.8 Å². The van der Waals surface area contributed by atoms with Crippen molar-refractivity contribution in [3.05, 3.63) is 88.1 Å². The lowest BCUT2D eigenvalue weighted by Crippen LogP contribution is -2.45. The van der Waals surface area contributed by atoms with Crippen LogP contribution in [0.25, 0.3) is 0 Å². The van der Waals surface area contributed by atoms with E-state index in [1.54, 1.807) is 6.07 Å². The van der Waals surface area contributed by atoms with Crippen LogP contribution >= 0.6 is 11.3 Å². The summed E-state index contributed by atoms with van der Waals surface area (Å²) in [4.78, 5) is 25.9. The first kappa shape index (κ1) is 18.9. The minimum Gasteiger partial charge on any atom is -0.339 e. The van der Waals surface area contributed by atoms with Crippen molar-refractivity contribution in [3.63, 3.8) is 0 Å². The molecule has 0 spiro atoms. The van der Waals surface area contributed by atoms with Crippen LogP contribution in [0.15, 0.2) is 72.1 Å². The van der Waals surface area contributed by atoms with Crippen molar-refractivity contribution in [2.45, 2.75) is 25.8 Å². The fourth-order valence-corrected chi connectivity index (χ4v) is 3.38. The van der Waals surface area contributed by atoms with Gasteiger partial charge in [-0.05, 0) is 41.1 Å². The van der Waals surface area contributed by atoms with E-state index in [4.69, 9.17) is 0 Å². The van der Waals surface area contributed by atoms with Crippen LogP contribution in [0.5, 0.6) is 0 Å². The summed E-state index contributed by atoms with van der Waals surface area (Å²) in [6, 6.07) is 20.4. The lowest BCUT2D eigenvalue weighted by Gasteiger charge is -2.18. The van der Waals surface area contributed by atoms with Crippen LogP contribution in [0.2, 0.25) is 0 Å². The molecule has 5 heteroatoms. The maximum absolute atomic E-state index is 12.9. The summed E-state index contributed by atoms with van der Waals surface area (Å²) in [5, 5.41) is 7.63. The lowest BCUT2D eigenvalue weighted by atomic mass is 10.0. The first-order valence-corrected chi connectivity index (χ1v) is 9.81. The van der Waals surface area contributed by atoms with Crippen molar-refractivity contribution >= 4 is 28.8 Å². The predicted octanol–water partition coefficient (Wildman–Crippen LogP) is 4.29. The Morgan fingerprint density at radius 3 is 2.30 bits per heavy atom. The molecule has 1 aromatic heterocycles. The number of hydrogen-bond donors (Lipinski definition) is 2. The third-order valence-electron chi connectivity index (χ3n) is 4.28. The van der Waals surface area contributed by atoms with Crippen molar-refractivity contribution in [2.75, 3.05) is 5.32 Å². The normalized spacial score (nSPS) is 11.6. The van der Waals surface area contributed by atoms with E-state index in [0.29, 0.717) is 11.3 Å². The largest absolute Gasteiger partial charge is 0.339 e. The standard InChI is InChI=1S/C22H22N2O2S/c1-2-16-10-12-18(13-11-16)23-21(25)19(15-17-7-4-3-5-8-17)24-22(26)20-9-6-14-27-20/h3-14,19H,2,15H2,1H3,(H,23,25)(H,24,26).